The van der Waals surface area contributed by atoms with Crippen molar-refractivity contribution in [3.05, 3.63) is 17.0 Å². The lowest BCUT2D eigenvalue weighted by Gasteiger charge is -2.36. The Bertz CT molecular complexity index is 625. The largest absolute Gasteiger partial charge is 0.478 e. The summed E-state index contributed by atoms with van der Waals surface area (Å²) < 4.78 is 26.7. The summed E-state index contributed by atoms with van der Waals surface area (Å²) in [6.45, 7) is 2.82. The molecule has 1 atom stereocenters. The average Bonchev–Trinajstić information content (AvgIpc) is 3.07. The Hall–Kier alpha value is -0.960. The van der Waals surface area contributed by atoms with Crippen LogP contribution in [0.3, 0.4) is 0 Å². The lowest BCUT2D eigenvalue weighted by atomic mass is 10.2. The van der Waals surface area contributed by atoms with E-state index < -0.39 is 16.0 Å². The van der Waals surface area contributed by atoms with Crippen LogP contribution in [0.5, 0.6) is 0 Å². The first-order valence-electron chi connectivity index (χ1n) is 6.54. The molecular weight excluding hydrogens is 300 g/mol. The quantitative estimate of drug-likeness (QED) is 0.897. The molecule has 0 aromatic carbocycles. The molecule has 6 nitrogen and oxygen atoms in total. The summed E-state index contributed by atoms with van der Waals surface area (Å²) >= 11 is 0.980. The number of fused-ring (bicyclic) bond motifs is 1. The van der Waals surface area contributed by atoms with Gasteiger partial charge in [-0.15, -0.1) is 11.3 Å². The van der Waals surface area contributed by atoms with E-state index in [9.17, 15) is 13.2 Å². The number of rotatable bonds is 3. The average molecular weight is 316 g/mol. The number of nitrogens with zero attached hydrogens (tertiary/aromatic N) is 2. The van der Waals surface area contributed by atoms with Gasteiger partial charge in [-0.2, -0.15) is 4.31 Å². The monoisotopic (exact) mass is 316 g/mol. The van der Waals surface area contributed by atoms with Crippen molar-refractivity contribution >= 4 is 27.3 Å². The molecule has 1 N–H and O–H groups in total. The Labute approximate surface area is 121 Å². The van der Waals surface area contributed by atoms with Crippen molar-refractivity contribution in [2.75, 3.05) is 26.2 Å². The lowest BCUT2D eigenvalue weighted by molar-refractivity contribution is 0.0697. The van der Waals surface area contributed by atoms with Crippen LogP contribution in [0.15, 0.2) is 15.7 Å². The van der Waals surface area contributed by atoms with Crippen molar-refractivity contribution in [3.63, 3.8) is 0 Å². The first kappa shape index (κ1) is 14.0. The molecule has 3 rings (SSSR count). The summed E-state index contributed by atoms with van der Waals surface area (Å²) in [6, 6.07) is 1.57. The van der Waals surface area contributed by atoms with E-state index in [2.05, 4.69) is 4.90 Å². The first-order chi connectivity index (χ1) is 9.48. The van der Waals surface area contributed by atoms with Gasteiger partial charge in [0.1, 0.15) is 4.21 Å². The minimum Gasteiger partial charge on any atom is -0.478 e. The highest BCUT2D eigenvalue weighted by Crippen LogP contribution is 2.28. The second kappa shape index (κ2) is 5.10. The predicted octanol–water partition coefficient (Wildman–Crippen LogP) is 0.915. The number of sulfonamides is 1. The maximum absolute atomic E-state index is 12.5. The van der Waals surface area contributed by atoms with Crippen LogP contribution in [0.4, 0.5) is 0 Å². The summed E-state index contributed by atoms with van der Waals surface area (Å²) in [5, 5.41) is 10.3. The third kappa shape index (κ3) is 2.37. The van der Waals surface area contributed by atoms with Gasteiger partial charge in [-0.05, 0) is 25.5 Å². The number of aromatic carboxylic acids is 1. The van der Waals surface area contributed by atoms with E-state index in [4.69, 9.17) is 5.11 Å². The molecule has 1 unspecified atom stereocenters. The molecule has 0 aliphatic carbocycles. The van der Waals surface area contributed by atoms with Crippen molar-refractivity contribution in [1.82, 2.24) is 9.21 Å². The van der Waals surface area contributed by atoms with Gasteiger partial charge in [0, 0.05) is 31.1 Å². The van der Waals surface area contributed by atoms with Gasteiger partial charge in [-0.1, -0.05) is 0 Å². The van der Waals surface area contributed by atoms with Crippen LogP contribution in [0.2, 0.25) is 0 Å². The molecule has 0 amide bonds. The topological polar surface area (TPSA) is 77.9 Å². The molecule has 0 saturated carbocycles. The lowest BCUT2D eigenvalue weighted by Crippen LogP contribution is -2.51. The Morgan fingerprint density at radius 1 is 1.35 bits per heavy atom. The third-order valence-corrected chi connectivity index (χ3v) is 7.25. The zero-order valence-electron chi connectivity index (χ0n) is 10.9. The van der Waals surface area contributed by atoms with Crippen LogP contribution < -0.4 is 0 Å². The van der Waals surface area contributed by atoms with Crippen molar-refractivity contribution in [2.45, 2.75) is 23.1 Å². The molecular formula is C12H16N2O4S2. The normalized spacial score (nSPS) is 24.7. The van der Waals surface area contributed by atoms with Gasteiger partial charge < -0.3 is 5.11 Å². The number of carboxylic acids is 1. The summed E-state index contributed by atoms with van der Waals surface area (Å²) in [7, 11) is -3.55. The number of piperazine rings is 1. The zero-order valence-corrected chi connectivity index (χ0v) is 12.5. The molecule has 0 bridgehead atoms. The Morgan fingerprint density at radius 2 is 2.15 bits per heavy atom. The molecule has 0 spiro atoms. The Morgan fingerprint density at radius 3 is 2.85 bits per heavy atom. The number of hydrogen-bond acceptors (Lipinski definition) is 5. The maximum Gasteiger partial charge on any atom is 0.336 e. The Balaban J connectivity index is 1.82. The Kier molecular flexibility index (Phi) is 3.57. The zero-order chi connectivity index (χ0) is 14.3. The molecule has 3 heterocycles. The van der Waals surface area contributed by atoms with Crippen LogP contribution in [-0.4, -0.2) is 60.9 Å². The third-order valence-electron chi connectivity index (χ3n) is 3.97. The smallest absolute Gasteiger partial charge is 0.336 e. The molecule has 110 valence electrons. The fourth-order valence-electron chi connectivity index (χ4n) is 2.87. The van der Waals surface area contributed by atoms with E-state index in [-0.39, 0.29) is 9.77 Å². The van der Waals surface area contributed by atoms with Crippen molar-refractivity contribution < 1.29 is 18.3 Å². The van der Waals surface area contributed by atoms with Crippen molar-refractivity contribution in [3.8, 4) is 0 Å². The molecule has 2 fully saturated rings. The molecule has 2 aliphatic heterocycles. The minimum atomic E-state index is -3.55. The number of carbonyl (C=O) groups is 1. The molecule has 8 heteroatoms. The van der Waals surface area contributed by atoms with Gasteiger partial charge >= 0.3 is 5.97 Å². The van der Waals surface area contributed by atoms with Crippen molar-refractivity contribution in [1.29, 1.82) is 0 Å². The highest BCUT2D eigenvalue weighted by Gasteiger charge is 2.36. The van der Waals surface area contributed by atoms with E-state index in [1.807, 2.05) is 0 Å². The number of hydrogen-bond donors (Lipinski definition) is 1. The fourth-order valence-corrected chi connectivity index (χ4v) is 5.65. The fraction of sp³-hybridized carbons (Fsp3) is 0.583. The second-order valence-electron chi connectivity index (χ2n) is 5.15. The summed E-state index contributed by atoms with van der Waals surface area (Å²) in [6.07, 6.45) is 2.16. The molecule has 20 heavy (non-hydrogen) atoms. The summed E-state index contributed by atoms with van der Waals surface area (Å²) in [5.74, 6) is -1.09. The van der Waals surface area contributed by atoms with E-state index in [0.717, 1.165) is 37.3 Å². The minimum absolute atomic E-state index is 0.0353. The molecule has 1 aromatic heterocycles. The van der Waals surface area contributed by atoms with Gasteiger partial charge in [-0.25, -0.2) is 13.2 Å². The molecule has 0 radical (unpaired) electrons. The van der Waals surface area contributed by atoms with Crippen LogP contribution in [0.1, 0.15) is 23.2 Å². The number of carboxylic acid groups (broad SMARTS) is 1. The molecule has 1 aromatic rings. The van der Waals surface area contributed by atoms with E-state index >= 15 is 0 Å². The van der Waals surface area contributed by atoms with Gasteiger partial charge in [0.15, 0.2) is 0 Å². The van der Waals surface area contributed by atoms with E-state index in [0.29, 0.717) is 19.1 Å². The van der Waals surface area contributed by atoms with Gasteiger partial charge in [0.25, 0.3) is 10.0 Å². The summed E-state index contributed by atoms with van der Waals surface area (Å²) in [5.41, 5.74) is 0.0353. The van der Waals surface area contributed by atoms with E-state index in [1.165, 1.54) is 15.8 Å². The standard InChI is InChI=1S/C12H16N2O4S2/c15-12(16)9-6-11(19-8-9)20(17,18)14-5-4-13-3-1-2-10(13)7-14/h6,8,10H,1-5,7H2,(H,15,16). The maximum atomic E-state index is 12.5. The van der Waals surface area contributed by atoms with Crippen LogP contribution in [0, 0.1) is 0 Å². The highest BCUT2D eigenvalue weighted by atomic mass is 32.2. The first-order valence-corrected chi connectivity index (χ1v) is 8.86. The predicted molar refractivity (Wildman–Crippen MR) is 74.6 cm³/mol. The SMILES string of the molecule is O=C(O)c1csc(S(=O)(=O)N2CCN3CCCC3C2)c1. The number of thiophene rings is 1. The van der Waals surface area contributed by atoms with E-state index in [1.54, 1.807) is 0 Å². The second-order valence-corrected chi connectivity index (χ2v) is 8.23. The van der Waals surface area contributed by atoms with Gasteiger partial charge in [-0.3, -0.25) is 4.90 Å². The van der Waals surface area contributed by atoms with Gasteiger partial charge in [0.05, 0.1) is 5.56 Å². The molecule has 2 aliphatic rings. The van der Waals surface area contributed by atoms with Crippen LogP contribution in [-0.2, 0) is 10.0 Å². The van der Waals surface area contributed by atoms with Crippen LogP contribution >= 0.6 is 11.3 Å². The highest BCUT2D eigenvalue weighted by molar-refractivity contribution is 7.91. The summed E-state index contributed by atoms with van der Waals surface area (Å²) in [4.78, 5) is 13.2. The van der Waals surface area contributed by atoms with Crippen LogP contribution in [0.25, 0.3) is 0 Å². The van der Waals surface area contributed by atoms with Crippen molar-refractivity contribution in [2.24, 2.45) is 0 Å². The van der Waals surface area contributed by atoms with Gasteiger partial charge in [0.2, 0.25) is 0 Å². The molecule has 2 saturated heterocycles.